The molecule has 2 N–H and O–H groups in total. The third kappa shape index (κ3) is 4.51. The van der Waals surface area contributed by atoms with Gasteiger partial charge in [-0.1, -0.05) is 60.7 Å². The Bertz CT molecular complexity index is 1210. The van der Waals surface area contributed by atoms with Crippen LogP contribution in [0.2, 0.25) is 0 Å². The minimum atomic E-state index is -0.245. The molecule has 0 fully saturated rings. The molecule has 6 aliphatic rings. The normalized spacial score (nSPS) is 27.1. The molecule has 6 bridgehead atoms. The molecule has 2 unspecified atom stereocenters. The number of methoxy groups -OCH3 is 1. The molecule has 33 heavy (non-hydrogen) atoms. The summed E-state index contributed by atoms with van der Waals surface area (Å²) in [5, 5.41) is 21.1. The lowest BCUT2D eigenvalue weighted by molar-refractivity contribution is 0.278. The van der Waals surface area contributed by atoms with Gasteiger partial charge >= 0.3 is 0 Å². The number of benzene rings is 2. The van der Waals surface area contributed by atoms with E-state index >= 15 is 0 Å². The van der Waals surface area contributed by atoms with E-state index in [2.05, 4.69) is 30.4 Å². The second-order valence-corrected chi connectivity index (χ2v) is 8.40. The summed E-state index contributed by atoms with van der Waals surface area (Å²) in [7, 11) is 1.65. The van der Waals surface area contributed by atoms with Crippen molar-refractivity contribution >= 4 is 12.2 Å². The number of phenols is 1. The lowest BCUT2D eigenvalue weighted by Crippen LogP contribution is -2.14. The molecule has 2 aliphatic carbocycles. The molecule has 0 radical (unpaired) electrons. The number of rotatable bonds is 1. The number of ether oxygens (including phenoxy) is 2. The molecule has 4 heteroatoms. The van der Waals surface area contributed by atoms with Gasteiger partial charge in [-0.2, -0.15) is 0 Å². The summed E-state index contributed by atoms with van der Waals surface area (Å²) in [6, 6.07) is 11.2. The number of aliphatic hydroxyl groups excluding tert-OH is 1. The van der Waals surface area contributed by atoms with Crippen molar-refractivity contribution in [3.63, 3.8) is 0 Å². The van der Waals surface area contributed by atoms with E-state index in [1.54, 1.807) is 13.2 Å². The van der Waals surface area contributed by atoms with Gasteiger partial charge in [0.1, 0.15) is 17.6 Å². The lowest BCUT2D eigenvalue weighted by atomic mass is 9.85. The Hall–Kier alpha value is -3.92. The second kappa shape index (κ2) is 8.91. The van der Waals surface area contributed by atoms with Gasteiger partial charge in [-0.15, -0.1) is 0 Å². The Morgan fingerprint density at radius 3 is 2.36 bits per heavy atom. The van der Waals surface area contributed by atoms with Crippen LogP contribution in [0.5, 0.6) is 17.2 Å². The van der Waals surface area contributed by atoms with E-state index < -0.39 is 0 Å². The second-order valence-electron chi connectivity index (χ2n) is 8.40. The predicted octanol–water partition coefficient (Wildman–Crippen LogP) is 6.34. The highest BCUT2D eigenvalue weighted by Gasteiger charge is 2.21. The van der Waals surface area contributed by atoms with Crippen LogP contribution in [0.4, 0.5) is 0 Å². The lowest BCUT2D eigenvalue weighted by Gasteiger charge is -2.22. The Labute approximate surface area is 193 Å². The van der Waals surface area contributed by atoms with Crippen molar-refractivity contribution in [1.82, 2.24) is 0 Å². The van der Waals surface area contributed by atoms with E-state index in [0.29, 0.717) is 11.5 Å². The minimum Gasteiger partial charge on any atom is -0.512 e. The first-order valence-electron chi connectivity index (χ1n) is 11.1. The number of aromatic hydroxyl groups is 1. The number of hydrogen-bond acceptors (Lipinski definition) is 4. The third-order valence-electron chi connectivity index (χ3n) is 6.14. The first kappa shape index (κ1) is 21.0. The van der Waals surface area contributed by atoms with E-state index in [1.807, 2.05) is 66.8 Å². The highest BCUT2D eigenvalue weighted by atomic mass is 16.5. The molecule has 0 aromatic heterocycles. The predicted molar refractivity (Wildman–Crippen MR) is 131 cm³/mol. The number of phenolic OH excluding ortho intramolecular Hbond substituents is 1. The highest BCUT2D eigenvalue weighted by molar-refractivity contribution is 5.61. The quantitative estimate of drug-likeness (QED) is 0.510. The number of allylic oxidation sites excluding steroid dienone is 7. The molecular formula is C29H26O4. The van der Waals surface area contributed by atoms with Crippen molar-refractivity contribution in [1.29, 1.82) is 0 Å². The van der Waals surface area contributed by atoms with Crippen LogP contribution in [0.3, 0.4) is 0 Å². The maximum Gasteiger partial charge on any atom is 0.162 e. The Morgan fingerprint density at radius 2 is 1.58 bits per heavy atom. The molecular weight excluding hydrogens is 412 g/mol. The van der Waals surface area contributed by atoms with Crippen molar-refractivity contribution in [2.45, 2.75) is 12.0 Å². The van der Waals surface area contributed by atoms with Crippen LogP contribution < -0.4 is 9.47 Å². The van der Waals surface area contributed by atoms with Crippen LogP contribution in [-0.4, -0.2) is 23.4 Å². The molecule has 2 aromatic rings. The third-order valence-corrected chi connectivity index (χ3v) is 6.14. The molecule has 4 heterocycles. The van der Waals surface area contributed by atoms with Crippen LogP contribution in [-0.2, 0) is 0 Å². The van der Waals surface area contributed by atoms with Crippen LogP contribution in [0.1, 0.15) is 22.6 Å². The molecule has 4 nitrogen and oxygen atoms in total. The summed E-state index contributed by atoms with van der Waals surface area (Å²) < 4.78 is 11.5. The van der Waals surface area contributed by atoms with Gasteiger partial charge in [0.2, 0.25) is 0 Å². The van der Waals surface area contributed by atoms with Crippen molar-refractivity contribution in [2.24, 2.45) is 11.8 Å². The van der Waals surface area contributed by atoms with E-state index in [0.717, 1.165) is 22.4 Å². The fourth-order valence-corrected chi connectivity index (χ4v) is 4.31. The van der Waals surface area contributed by atoms with Crippen molar-refractivity contribution in [3.05, 3.63) is 114 Å². The topological polar surface area (TPSA) is 58.9 Å². The summed E-state index contributed by atoms with van der Waals surface area (Å²) >= 11 is 0. The standard InChI is InChI=1S/C29H26O4/c1-32-24-12-14-25-22(18-24)9-4-19-5-10-23(11-6-19)33-29-17-21(8-15-27(29)30)3-2-20-7-13-26(25)28(31)16-20/h2-20,23,26,30-31H,1H3/b3-2-,9-4-. The zero-order valence-corrected chi connectivity index (χ0v) is 18.3. The Morgan fingerprint density at radius 1 is 0.788 bits per heavy atom. The first-order valence-corrected chi connectivity index (χ1v) is 11.1. The summed E-state index contributed by atoms with van der Waals surface area (Å²) in [5.74, 6) is 1.50. The maximum absolute atomic E-state index is 10.9. The zero-order valence-electron chi connectivity index (χ0n) is 18.3. The van der Waals surface area contributed by atoms with E-state index in [9.17, 15) is 10.2 Å². The largest absolute Gasteiger partial charge is 0.512 e. The van der Waals surface area contributed by atoms with E-state index in [4.69, 9.17) is 9.47 Å². The van der Waals surface area contributed by atoms with Gasteiger partial charge in [0.25, 0.3) is 0 Å². The Balaban J connectivity index is 1.58. The zero-order chi connectivity index (χ0) is 22.8. The molecule has 0 spiro atoms. The van der Waals surface area contributed by atoms with E-state index in [1.165, 1.54) is 0 Å². The molecule has 2 atom stereocenters. The smallest absolute Gasteiger partial charge is 0.162 e. The summed E-state index contributed by atoms with van der Waals surface area (Å²) in [5.41, 5.74) is 2.93. The monoisotopic (exact) mass is 438 g/mol. The minimum absolute atomic E-state index is 0.0302. The number of aliphatic hydroxyl groups is 1. The fourth-order valence-electron chi connectivity index (χ4n) is 4.31. The van der Waals surface area contributed by atoms with Crippen molar-refractivity contribution < 1.29 is 19.7 Å². The van der Waals surface area contributed by atoms with Gasteiger partial charge in [0, 0.05) is 11.8 Å². The molecule has 2 aromatic carbocycles. The highest BCUT2D eigenvalue weighted by Crippen LogP contribution is 2.35. The van der Waals surface area contributed by atoms with Crippen molar-refractivity contribution in [3.8, 4) is 17.2 Å². The fraction of sp³-hybridized carbons (Fsp3) is 0.172. The van der Waals surface area contributed by atoms with Crippen LogP contribution in [0, 0.1) is 11.8 Å². The molecule has 166 valence electrons. The SMILES string of the molecule is COc1ccc2c(c1)/C=C\C1C=CC(C=C1)Oc1cc(ccc1O)/C=C\C1C=CC2C(O)=C1. The maximum atomic E-state index is 10.9. The van der Waals surface area contributed by atoms with Gasteiger partial charge in [-0.3, -0.25) is 0 Å². The average Bonchev–Trinajstić information content (AvgIpc) is 2.83. The Kier molecular flexibility index (Phi) is 5.66. The molecule has 0 saturated heterocycles. The van der Waals surface area contributed by atoms with Gasteiger partial charge in [0.05, 0.1) is 13.0 Å². The first-order chi connectivity index (χ1) is 16.1. The van der Waals surface area contributed by atoms with Crippen LogP contribution >= 0.6 is 0 Å². The van der Waals surface area contributed by atoms with Gasteiger partial charge in [-0.05, 0) is 59.2 Å². The van der Waals surface area contributed by atoms with Crippen LogP contribution in [0.25, 0.3) is 12.2 Å². The average molecular weight is 439 g/mol. The summed E-state index contributed by atoms with van der Waals surface area (Å²) in [6.45, 7) is 0. The van der Waals surface area contributed by atoms with E-state index in [-0.39, 0.29) is 29.6 Å². The molecule has 4 aliphatic heterocycles. The van der Waals surface area contributed by atoms with Gasteiger partial charge in [0.15, 0.2) is 11.5 Å². The van der Waals surface area contributed by atoms with Gasteiger partial charge < -0.3 is 19.7 Å². The summed E-state index contributed by atoms with van der Waals surface area (Å²) in [6.07, 6.45) is 22.1. The van der Waals surface area contributed by atoms with Gasteiger partial charge in [-0.25, -0.2) is 0 Å². The molecule has 0 amide bonds. The van der Waals surface area contributed by atoms with Crippen LogP contribution in [0.15, 0.2) is 96.8 Å². The molecule has 8 rings (SSSR count). The number of hydrogen-bond donors (Lipinski definition) is 2. The summed E-state index contributed by atoms with van der Waals surface area (Å²) in [4.78, 5) is 0. The molecule has 0 saturated carbocycles. The van der Waals surface area contributed by atoms with Crippen molar-refractivity contribution in [2.75, 3.05) is 7.11 Å².